The lowest BCUT2D eigenvalue weighted by atomic mass is 10.2. The van der Waals surface area contributed by atoms with E-state index >= 15 is 0 Å². The molecule has 18 heavy (non-hydrogen) atoms. The first-order chi connectivity index (χ1) is 8.72. The predicted octanol–water partition coefficient (Wildman–Crippen LogP) is 4.11. The van der Waals surface area contributed by atoms with Crippen LogP contribution in [0.4, 0.5) is 0 Å². The molecule has 2 nitrogen and oxygen atoms in total. The molecule has 0 radical (unpaired) electrons. The summed E-state index contributed by atoms with van der Waals surface area (Å²) < 4.78 is 0. The highest BCUT2D eigenvalue weighted by Crippen LogP contribution is 2.09. The minimum atomic E-state index is 0.0804. The van der Waals surface area contributed by atoms with E-state index in [9.17, 15) is 4.79 Å². The molecule has 1 aromatic rings. The molecule has 0 fully saturated rings. The Kier molecular flexibility index (Phi) is 9.70. The Morgan fingerprint density at radius 2 is 1.89 bits per heavy atom. The Morgan fingerprint density at radius 1 is 1.28 bits per heavy atom. The van der Waals surface area contributed by atoms with Crippen LogP contribution in [-0.2, 0) is 11.3 Å². The van der Waals surface area contributed by atoms with E-state index in [4.69, 9.17) is 11.6 Å². The molecular formula is C15H20ClNO. The van der Waals surface area contributed by atoms with Crippen LogP contribution in [0.15, 0.2) is 50.1 Å². The van der Waals surface area contributed by atoms with E-state index in [-0.39, 0.29) is 5.91 Å². The molecule has 0 aliphatic rings. The molecule has 3 heteroatoms. The van der Waals surface area contributed by atoms with Crippen molar-refractivity contribution in [1.82, 2.24) is 5.32 Å². The van der Waals surface area contributed by atoms with Gasteiger partial charge in [-0.3, -0.25) is 4.79 Å². The zero-order valence-corrected chi connectivity index (χ0v) is 11.4. The van der Waals surface area contributed by atoms with Crippen molar-refractivity contribution in [2.75, 3.05) is 0 Å². The minimum absolute atomic E-state index is 0.0804. The van der Waals surface area contributed by atoms with Crippen molar-refractivity contribution in [2.24, 2.45) is 0 Å². The molecule has 0 spiro atoms. The second-order valence-corrected chi connectivity index (χ2v) is 4.02. The Labute approximate surface area is 114 Å². The van der Waals surface area contributed by atoms with E-state index in [2.05, 4.69) is 25.1 Å². The summed E-state index contributed by atoms with van der Waals surface area (Å²) in [7, 11) is 0. The second kappa shape index (κ2) is 10.6. The van der Waals surface area contributed by atoms with E-state index in [1.165, 1.54) is 0 Å². The van der Waals surface area contributed by atoms with Gasteiger partial charge in [-0.15, -0.1) is 19.7 Å². The van der Waals surface area contributed by atoms with Crippen molar-refractivity contribution in [3.05, 3.63) is 60.7 Å². The number of allylic oxidation sites excluding steroid dienone is 1. The topological polar surface area (TPSA) is 29.1 Å². The second-order valence-electron chi connectivity index (χ2n) is 3.58. The zero-order chi connectivity index (χ0) is 13.8. The van der Waals surface area contributed by atoms with Gasteiger partial charge in [0.25, 0.3) is 0 Å². The summed E-state index contributed by atoms with van der Waals surface area (Å²) in [6.07, 6.45) is 4.12. The molecule has 0 aliphatic carbocycles. The molecular weight excluding hydrogens is 246 g/mol. The molecule has 0 bridgehead atoms. The average molecular weight is 266 g/mol. The standard InChI is InChI=1S/C13H16ClNO.C2H4/c1-2-3-4-5-13(16)15-10-11-6-8-12(14)9-7-11;1-2/h2,6-9H,1,3-5,10H2,(H,15,16);1-2H2. The molecule has 0 saturated heterocycles. The number of rotatable bonds is 6. The fourth-order valence-corrected chi connectivity index (χ4v) is 1.42. The lowest BCUT2D eigenvalue weighted by molar-refractivity contribution is -0.121. The minimum Gasteiger partial charge on any atom is -0.352 e. The number of hydrogen-bond donors (Lipinski definition) is 1. The lowest BCUT2D eigenvalue weighted by Gasteiger charge is -2.04. The van der Waals surface area contributed by atoms with Gasteiger partial charge in [-0.25, -0.2) is 0 Å². The average Bonchev–Trinajstić information content (AvgIpc) is 2.41. The number of hydrogen-bond acceptors (Lipinski definition) is 1. The van der Waals surface area contributed by atoms with Gasteiger partial charge in [0.2, 0.25) is 5.91 Å². The molecule has 1 N–H and O–H groups in total. The maximum absolute atomic E-state index is 11.4. The van der Waals surface area contributed by atoms with Crippen molar-refractivity contribution in [1.29, 1.82) is 0 Å². The van der Waals surface area contributed by atoms with E-state index in [0.29, 0.717) is 18.0 Å². The number of nitrogens with one attached hydrogen (secondary N) is 1. The summed E-state index contributed by atoms with van der Waals surface area (Å²) in [5.41, 5.74) is 1.06. The van der Waals surface area contributed by atoms with Gasteiger partial charge in [-0.05, 0) is 30.5 Å². The molecule has 1 rings (SSSR count). The van der Waals surface area contributed by atoms with Crippen molar-refractivity contribution in [2.45, 2.75) is 25.8 Å². The van der Waals surface area contributed by atoms with Crippen molar-refractivity contribution >= 4 is 17.5 Å². The third-order valence-electron chi connectivity index (χ3n) is 2.22. The molecule has 0 saturated carbocycles. The number of halogens is 1. The largest absolute Gasteiger partial charge is 0.352 e. The normalized spacial score (nSPS) is 8.94. The van der Waals surface area contributed by atoms with Crippen molar-refractivity contribution in [3.63, 3.8) is 0 Å². The first-order valence-electron chi connectivity index (χ1n) is 5.84. The highest BCUT2D eigenvalue weighted by Gasteiger charge is 2.00. The van der Waals surface area contributed by atoms with Crippen LogP contribution in [0.3, 0.4) is 0 Å². The summed E-state index contributed by atoms with van der Waals surface area (Å²) in [5, 5.41) is 3.57. The molecule has 0 atom stereocenters. The van der Waals surface area contributed by atoms with Gasteiger partial charge >= 0.3 is 0 Å². The summed E-state index contributed by atoms with van der Waals surface area (Å²) in [4.78, 5) is 11.4. The molecule has 0 unspecified atom stereocenters. The summed E-state index contributed by atoms with van der Waals surface area (Å²) >= 11 is 5.76. The van der Waals surface area contributed by atoms with Crippen LogP contribution in [0.5, 0.6) is 0 Å². The predicted molar refractivity (Wildman–Crippen MR) is 78.6 cm³/mol. The Hall–Kier alpha value is -1.54. The van der Waals surface area contributed by atoms with Gasteiger partial charge in [-0.2, -0.15) is 0 Å². The number of unbranched alkanes of at least 4 members (excludes halogenated alkanes) is 1. The van der Waals surface area contributed by atoms with E-state index in [1.54, 1.807) is 0 Å². The van der Waals surface area contributed by atoms with Gasteiger partial charge < -0.3 is 5.32 Å². The van der Waals surface area contributed by atoms with E-state index in [1.807, 2.05) is 30.3 Å². The fraction of sp³-hybridized carbons (Fsp3) is 0.267. The Morgan fingerprint density at radius 3 is 2.44 bits per heavy atom. The first kappa shape index (κ1) is 16.5. The highest BCUT2D eigenvalue weighted by molar-refractivity contribution is 6.30. The van der Waals surface area contributed by atoms with Gasteiger partial charge in [-0.1, -0.05) is 29.8 Å². The molecule has 0 aromatic heterocycles. The number of carbonyl (C=O) groups is 1. The molecule has 1 amide bonds. The number of benzene rings is 1. The Bertz CT molecular complexity index is 359. The summed E-state index contributed by atoms with van der Waals surface area (Å²) in [6.45, 7) is 10.2. The van der Waals surface area contributed by atoms with Crippen LogP contribution in [0.1, 0.15) is 24.8 Å². The maximum Gasteiger partial charge on any atom is 0.220 e. The third kappa shape index (κ3) is 7.69. The summed E-state index contributed by atoms with van der Waals surface area (Å²) in [5.74, 6) is 0.0804. The SMILES string of the molecule is C=C.C=CCCCC(=O)NCc1ccc(Cl)cc1. The van der Waals surface area contributed by atoms with Crippen LogP contribution >= 0.6 is 11.6 Å². The quantitative estimate of drug-likeness (QED) is 0.609. The molecule has 98 valence electrons. The number of carbonyl (C=O) groups excluding carboxylic acids is 1. The van der Waals surface area contributed by atoms with Gasteiger partial charge in [0.15, 0.2) is 0 Å². The maximum atomic E-state index is 11.4. The molecule has 0 heterocycles. The third-order valence-corrected chi connectivity index (χ3v) is 2.47. The van der Waals surface area contributed by atoms with Crippen molar-refractivity contribution in [3.8, 4) is 0 Å². The van der Waals surface area contributed by atoms with Gasteiger partial charge in [0.1, 0.15) is 0 Å². The van der Waals surface area contributed by atoms with Crippen LogP contribution < -0.4 is 5.32 Å². The molecule has 1 aromatic carbocycles. The van der Waals surface area contributed by atoms with E-state index < -0.39 is 0 Å². The van der Waals surface area contributed by atoms with Crippen LogP contribution in [0.25, 0.3) is 0 Å². The molecule has 0 aliphatic heterocycles. The van der Waals surface area contributed by atoms with Crippen LogP contribution in [0, 0.1) is 0 Å². The highest BCUT2D eigenvalue weighted by atomic mass is 35.5. The van der Waals surface area contributed by atoms with Crippen molar-refractivity contribution < 1.29 is 4.79 Å². The van der Waals surface area contributed by atoms with Gasteiger partial charge in [0, 0.05) is 18.0 Å². The van der Waals surface area contributed by atoms with Gasteiger partial charge in [0.05, 0.1) is 0 Å². The fourth-order valence-electron chi connectivity index (χ4n) is 1.30. The zero-order valence-electron chi connectivity index (χ0n) is 10.6. The lowest BCUT2D eigenvalue weighted by Crippen LogP contribution is -2.22. The summed E-state index contributed by atoms with van der Waals surface area (Å²) in [6, 6.07) is 7.46. The number of amides is 1. The van der Waals surface area contributed by atoms with Crippen LogP contribution in [-0.4, -0.2) is 5.91 Å². The Balaban J connectivity index is 0.00000137. The monoisotopic (exact) mass is 265 g/mol. The smallest absolute Gasteiger partial charge is 0.220 e. The van der Waals surface area contributed by atoms with Crippen LogP contribution in [0.2, 0.25) is 5.02 Å². The first-order valence-corrected chi connectivity index (χ1v) is 6.22. The van der Waals surface area contributed by atoms with E-state index in [0.717, 1.165) is 18.4 Å².